The number of aliphatic carboxylic acids is 1. The highest BCUT2D eigenvalue weighted by Crippen LogP contribution is 2.02. The van der Waals surface area contributed by atoms with Crippen LogP contribution in [-0.4, -0.2) is 47.3 Å². The molecule has 14 heavy (non-hydrogen) atoms. The summed E-state index contributed by atoms with van der Waals surface area (Å²) in [6.45, 7) is 5.69. The zero-order chi connectivity index (χ0) is 11.1. The van der Waals surface area contributed by atoms with E-state index in [-0.39, 0.29) is 6.42 Å². The van der Waals surface area contributed by atoms with Crippen LogP contribution in [0.4, 0.5) is 0 Å². The summed E-state index contributed by atoms with van der Waals surface area (Å²) in [4.78, 5) is 12.3. The lowest BCUT2D eigenvalue weighted by Gasteiger charge is -2.21. The minimum absolute atomic E-state index is 0.0384. The fourth-order valence-corrected chi connectivity index (χ4v) is 1.44. The van der Waals surface area contributed by atoms with E-state index < -0.39 is 12.1 Å². The topological polar surface area (TPSA) is 60.8 Å². The number of carboxylic acids is 1. The fourth-order valence-electron chi connectivity index (χ4n) is 1.44. The quantitative estimate of drug-likeness (QED) is 0.642. The molecule has 0 aromatic rings. The molecule has 1 unspecified atom stereocenters. The van der Waals surface area contributed by atoms with Crippen LogP contribution in [0.3, 0.4) is 0 Å². The number of nitrogens with zero attached hydrogens (tertiary/aromatic N) is 1. The van der Waals surface area contributed by atoms with Gasteiger partial charge in [-0.25, -0.2) is 0 Å². The Bertz CT molecular complexity index is 171. The molecule has 2 N–H and O–H groups in total. The summed E-state index contributed by atoms with van der Waals surface area (Å²) in [5, 5.41) is 17.9. The van der Waals surface area contributed by atoms with Crippen molar-refractivity contribution in [1.82, 2.24) is 4.90 Å². The SMILES string of the molecule is CC(C)CN(C)CC(O)CCC(=O)O. The molecule has 0 spiro atoms. The van der Waals surface area contributed by atoms with Crippen molar-refractivity contribution >= 4 is 5.97 Å². The van der Waals surface area contributed by atoms with Crippen molar-refractivity contribution in [2.45, 2.75) is 32.8 Å². The number of carbonyl (C=O) groups is 1. The third kappa shape index (κ3) is 8.01. The monoisotopic (exact) mass is 203 g/mol. The Hall–Kier alpha value is -0.610. The summed E-state index contributed by atoms with van der Waals surface area (Å²) < 4.78 is 0. The van der Waals surface area contributed by atoms with E-state index >= 15 is 0 Å². The molecule has 0 saturated carbocycles. The summed E-state index contributed by atoms with van der Waals surface area (Å²) >= 11 is 0. The first-order valence-electron chi connectivity index (χ1n) is 5.00. The second-order valence-electron chi connectivity index (χ2n) is 4.20. The number of aliphatic hydroxyl groups is 1. The van der Waals surface area contributed by atoms with Gasteiger partial charge in [-0.15, -0.1) is 0 Å². The third-order valence-electron chi connectivity index (χ3n) is 1.89. The zero-order valence-corrected chi connectivity index (χ0v) is 9.23. The Morgan fingerprint density at radius 1 is 1.36 bits per heavy atom. The Morgan fingerprint density at radius 3 is 2.36 bits per heavy atom. The molecule has 0 amide bonds. The molecule has 0 aromatic carbocycles. The predicted molar refractivity (Wildman–Crippen MR) is 55.2 cm³/mol. The molecule has 0 heterocycles. The van der Waals surface area contributed by atoms with Crippen LogP contribution in [0.25, 0.3) is 0 Å². The van der Waals surface area contributed by atoms with Gasteiger partial charge < -0.3 is 15.1 Å². The van der Waals surface area contributed by atoms with Gasteiger partial charge in [-0.2, -0.15) is 0 Å². The van der Waals surface area contributed by atoms with Gasteiger partial charge >= 0.3 is 5.97 Å². The highest BCUT2D eigenvalue weighted by Gasteiger charge is 2.10. The normalized spacial score (nSPS) is 13.6. The second kappa shape index (κ2) is 6.79. The molecule has 0 aliphatic heterocycles. The average Bonchev–Trinajstić information content (AvgIpc) is 1.98. The number of likely N-dealkylation sites (N-methyl/N-ethyl adjacent to an activating group) is 1. The van der Waals surface area contributed by atoms with Crippen molar-refractivity contribution < 1.29 is 15.0 Å². The van der Waals surface area contributed by atoms with Crippen molar-refractivity contribution in [3.63, 3.8) is 0 Å². The molecule has 0 bridgehead atoms. The Kier molecular flexibility index (Phi) is 6.49. The number of hydrogen-bond acceptors (Lipinski definition) is 3. The molecule has 0 fully saturated rings. The molecule has 0 aliphatic carbocycles. The van der Waals surface area contributed by atoms with Crippen LogP contribution >= 0.6 is 0 Å². The van der Waals surface area contributed by atoms with Gasteiger partial charge in [0.2, 0.25) is 0 Å². The highest BCUT2D eigenvalue weighted by atomic mass is 16.4. The van der Waals surface area contributed by atoms with Crippen LogP contribution in [0.15, 0.2) is 0 Å². The smallest absolute Gasteiger partial charge is 0.303 e. The average molecular weight is 203 g/mol. The van der Waals surface area contributed by atoms with Gasteiger partial charge in [0.25, 0.3) is 0 Å². The summed E-state index contributed by atoms with van der Waals surface area (Å²) in [5.41, 5.74) is 0. The van der Waals surface area contributed by atoms with E-state index in [2.05, 4.69) is 13.8 Å². The molecule has 4 heteroatoms. The predicted octanol–water partition coefficient (Wildman–Crippen LogP) is 0.800. The zero-order valence-electron chi connectivity index (χ0n) is 9.23. The Morgan fingerprint density at radius 2 is 1.93 bits per heavy atom. The van der Waals surface area contributed by atoms with Crippen molar-refractivity contribution in [3.05, 3.63) is 0 Å². The van der Waals surface area contributed by atoms with Crippen LogP contribution < -0.4 is 0 Å². The molecule has 0 radical (unpaired) electrons. The highest BCUT2D eigenvalue weighted by molar-refractivity contribution is 5.66. The van der Waals surface area contributed by atoms with Crippen LogP contribution in [0, 0.1) is 5.92 Å². The lowest BCUT2D eigenvalue weighted by atomic mass is 10.1. The summed E-state index contributed by atoms with van der Waals surface area (Å²) in [7, 11) is 1.93. The van der Waals surface area contributed by atoms with Crippen molar-refractivity contribution in [1.29, 1.82) is 0 Å². The molecule has 84 valence electrons. The van der Waals surface area contributed by atoms with Crippen LogP contribution in [0.1, 0.15) is 26.7 Å². The number of carboxylic acid groups (broad SMARTS) is 1. The van der Waals surface area contributed by atoms with E-state index in [1.54, 1.807) is 0 Å². The molecule has 1 atom stereocenters. The van der Waals surface area contributed by atoms with Gasteiger partial charge in [0, 0.05) is 19.5 Å². The van der Waals surface area contributed by atoms with Gasteiger partial charge in [-0.3, -0.25) is 4.79 Å². The largest absolute Gasteiger partial charge is 0.481 e. The first-order chi connectivity index (χ1) is 6.41. The number of aliphatic hydroxyl groups excluding tert-OH is 1. The minimum Gasteiger partial charge on any atom is -0.481 e. The summed E-state index contributed by atoms with van der Waals surface area (Å²) in [6, 6.07) is 0. The second-order valence-corrected chi connectivity index (χ2v) is 4.20. The molecule has 4 nitrogen and oxygen atoms in total. The molecule has 0 saturated heterocycles. The van der Waals surface area contributed by atoms with Gasteiger partial charge in [0.1, 0.15) is 0 Å². The maximum atomic E-state index is 10.2. The van der Waals surface area contributed by atoms with E-state index in [9.17, 15) is 9.90 Å². The van der Waals surface area contributed by atoms with Crippen LogP contribution in [-0.2, 0) is 4.79 Å². The molecule has 0 aromatic heterocycles. The van der Waals surface area contributed by atoms with E-state index in [0.717, 1.165) is 6.54 Å². The van der Waals surface area contributed by atoms with E-state index in [0.29, 0.717) is 18.9 Å². The van der Waals surface area contributed by atoms with Crippen molar-refractivity contribution in [2.24, 2.45) is 5.92 Å². The number of hydrogen-bond donors (Lipinski definition) is 2. The minimum atomic E-state index is -0.851. The van der Waals surface area contributed by atoms with Gasteiger partial charge in [-0.05, 0) is 19.4 Å². The van der Waals surface area contributed by atoms with Crippen LogP contribution in [0.5, 0.6) is 0 Å². The lowest BCUT2D eigenvalue weighted by Crippen LogP contribution is -2.32. The molecule has 0 rings (SSSR count). The van der Waals surface area contributed by atoms with Gasteiger partial charge in [0.15, 0.2) is 0 Å². The van der Waals surface area contributed by atoms with E-state index in [1.165, 1.54) is 0 Å². The van der Waals surface area contributed by atoms with Gasteiger partial charge in [0.05, 0.1) is 6.10 Å². The van der Waals surface area contributed by atoms with Crippen LogP contribution in [0.2, 0.25) is 0 Å². The summed E-state index contributed by atoms with van der Waals surface area (Å²) in [6.07, 6.45) is -0.163. The molecule has 0 aliphatic rings. The van der Waals surface area contributed by atoms with Gasteiger partial charge in [-0.1, -0.05) is 13.8 Å². The third-order valence-corrected chi connectivity index (χ3v) is 1.89. The lowest BCUT2D eigenvalue weighted by molar-refractivity contribution is -0.137. The maximum absolute atomic E-state index is 10.2. The first-order valence-corrected chi connectivity index (χ1v) is 5.00. The van der Waals surface area contributed by atoms with E-state index in [1.807, 2.05) is 11.9 Å². The first kappa shape index (κ1) is 13.4. The van der Waals surface area contributed by atoms with Crippen molar-refractivity contribution in [2.75, 3.05) is 20.1 Å². The number of rotatable bonds is 7. The fraction of sp³-hybridized carbons (Fsp3) is 0.900. The standard InChI is InChI=1S/C10H21NO3/c1-8(2)6-11(3)7-9(12)4-5-10(13)14/h8-9,12H,4-7H2,1-3H3,(H,13,14). The molecular weight excluding hydrogens is 182 g/mol. The summed E-state index contributed by atoms with van der Waals surface area (Å²) in [5.74, 6) is -0.290. The Balaban J connectivity index is 3.59. The Labute approximate surface area is 85.5 Å². The van der Waals surface area contributed by atoms with Crippen molar-refractivity contribution in [3.8, 4) is 0 Å². The van der Waals surface area contributed by atoms with E-state index in [4.69, 9.17) is 5.11 Å². The molecular formula is C10H21NO3. The maximum Gasteiger partial charge on any atom is 0.303 e.